The summed E-state index contributed by atoms with van der Waals surface area (Å²) in [4.78, 5) is 20.5. The van der Waals surface area contributed by atoms with E-state index in [-0.39, 0.29) is 22.8 Å². The highest BCUT2D eigenvalue weighted by molar-refractivity contribution is 7.89. The average Bonchev–Trinajstić information content (AvgIpc) is 2.43. The van der Waals surface area contributed by atoms with Crippen molar-refractivity contribution in [1.82, 2.24) is 4.72 Å². The van der Waals surface area contributed by atoms with E-state index in [1.165, 1.54) is 6.92 Å². The molecule has 0 fully saturated rings. The zero-order valence-corrected chi connectivity index (χ0v) is 12.1. The molecular formula is C11H14N2O7S. The molecular weight excluding hydrogens is 304 g/mol. The summed E-state index contributed by atoms with van der Waals surface area (Å²) in [6.07, 6.45) is 0.0455. The van der Waals surface area contributed by atoms with Gasteiger partial charge in [-0.05, 0) is 12.5 Å². The van der Waals surface area contributed by atoms with E-state index in [1.54, 1.807) is 0 Å². The van der Waals surface area contributed by atoms with Crippen LogP contribution in [0.3, 0.4) is 0 Å². The van der Waals surface area contributed by atoms with Crippen LogP contribution in [0.25, 0.3) is 0 Å². The number of nitro groups is 1. The molecule has 0 bridgehead atoms. The molecule has 2 N–H and O–H groups in total. The molecule has 21 heavy (non-hydrogen) atoms. The molecule has 0 aliphatic rings. The van der Waals surface area contributed by atoms with E-state index < -0.39 is 27.0 Å². The van der Waals surface area contributed by atoms with Crippen molar-refractivity contribution in [2.45, 2.75) is 24.3 Å². The molecule has 1 unspecified atom stereocenters. The van der Waals surface area contributed by atoms with Crippen molar-refractivity contribution in [3.63, 3.8) is 0 Å². The molecule has 0 aliphatic carbocycles. The van der Waals surface area contributed by atoms with Gasteiger partial charge in [0, 0.05) is 6.07 Å². The molecule has 1 aromatic carbocycles. The zero-order valence-electron chi connectivity index (χ0n) is 11.3. The van der Waals surface area contributed by atoms with Crippen LogP contribution in [0, 0.1) is 10.1 Å². The van der Waals surface area contributed by atoms with Gasteiger partial charge < -0.3 is 9.84 Å². The van der Waals surface area contributed by atoms with Crippen LogP contribution < -0.4 is 9.46 Å². The van der Waals surface area contributed by atoms with Gasteiger partial charge in [0.2, 0.25) is 10.0 Å². The molecule has 1 aromatic rings. The summed E-state index contributed by atoms with van der Waals surface area (Å²) in [7, 11) is -3.02. The van der Waals surface area contributed by atoms with Gasteiger partial charge in [-0.15, -0.1) is 0 Å². The minimum Gasteiger partial charge on any atom is -0.495 e. The van der Waals surface area contributed by atoms with E-state index >= 15 is 0 Å². The Labute approximate surface area is 120 Å². The van der Waals surface area contributed by atoms with Crippen LogP contribution in [0.4, 0.5) is 5.69 Å². The third-order valence-electron chi connectivity index (χ3n) is 2.65. The Balaban J connectivity index is 3.25. The summed E-state index contributed by atoms with van der Waals surface area (Å²) in [6.45, 7) is 1.51. The lowest BCUT2D eigenvalue weighted by Gasteiger charge is -2.14. The van der Waals surface area contributed by atoms with Gasteiger partial charge in [-0.2, -0.15) is 4.72 Å². The van der Waals surface area contributed by atoms with Crippen LogP contribution >= 0.6 is 0 Å². The number of sulfonamides is 1. The Kier molecular flexibility index (Phi) is 5.22. The van der Waals surface area contributed by atoms with Gasteiger partial charge in [0.25, 0.3) is 5.69 Å². The average molecular weight is 318 g/mol. The normalized spacial score (nSPS) is 12.7. The Morgan fingerprint density at radius 1 is 1.52 bits per heavy atom. The smallest absolute Gasteiger partial charge is 0.321 e. The van der Waals surface area contributed by atoms with Crippen LogP contribution in [0.15, 0.2) is 23.1 Å². The Morgan fingerprint density at radius 3 is 2.57 bits per heavy atom. The van der Waals surface area contributed by atoms with Crippen molar-refractivity contribution in [1.29, 1.82) is 0 Å². The number of hydrogen-bond acceptors (Lipinski definition) is 6. The second-order valence-corrected chi connectivity index (χ2v) is 5.70. The van der Waals surface area contributed by atoms with Crippen molar-refractivity contribution >= 4 is 21.7 Å². The first kappa shape index (κ1) is 16.9. The van der Waals surface area contributed by atoms with Gasteiger partial charge in [-0.25, -0.2) is 8.42 Å². The maximum Gasteiger partial charge on any atom is 0.321 e. The lowest BCUT2D eigenvalue weighted by atomic mass is 10.2. The fourth-order valence-electron chi connectivity index (χ4n) is 1.55. The van der Waals surface area contributed by atoms with Gasteiger partial charge >= 0.3 is 5.97 Å². The van der Waals surface area contributed by atoms with Crippen molar-refractivity contribution in [2.24, 2.45) is 0 Å². The van der Waals surface area contributed by atoms with E-state index in [4.69, 9.17) is 9.84 Å². The third-order valence-corrected chi connectivity index (χ3v) is 4.16. The van der Waals surface area contributed by atoms with Gasteiger partial charge in [-0.1, -0.05) is 6.92 Å². The van der Waals surface area contributed by atoms with E-state index in [9.17, 15) is 23.3 Å². The maximum absolute atomic E-state index is 12.1. The molecule has 0 aliphatic heterocycles. The number of rotatable bonds is 7. The Bertz CT molecular complexity index is 657. The number of ether oxygens (including phenoxy) is 1. The highest BCUT2D eigenvalue weighted by Gasteiger charge is 2.27. The van der Waals surface area contributed by atoms with Gasteiger partial charge in [0.15, 0.2) is 0 Å². The molecule has 0 aromatic heterocycles. The number of carboxylic acid groups (broad SMARTS) is 1. The van der Waals surface area contributed by atoms with Crippen molar-refractivity contribution in [3.05, 3.63) is 28.3 Å². The zero-order chi connectivity index (χ0) is 16.2. The maximum atomic E-state index is 12.1. The van der Waals surface area contributed by atoms with Crippen LogP contribution in [0.5, 0.6) is 5.75 Å². The minimum absolute atomic E-state index is 0.0455. The highest BCUT2D eigenvalue weighted by Crippen LogP contribution is 2.28. The summed E-state index contributed by atoms with van der Waals surface area (Å²) in [6, 6.07) is 1.65. The van der Waals surface area contributed by atoms with Gasteiger partial charge in [0.1, 0.15) is 16.7 Å². The number of hydrogen-bond donors (Lipinski definition) is 2. The summed E-state index contributed by atoms with van der Waals surface area (Å²) < 4.78 is 31.1. The molecule has 1 rings (SSSR count). The summed E-state index contributed by atoms with van der Waals surface area (Å²) in [5.41, 5.74) is -0.337. The molecule has 0 amide bonds. The first-order chi connectivity index (χ1) is 9.72. The summed E-state index contributed by atoms with van der Waals surface area (Å²) in [5.74, 6) is -1.56. The van der Waals surface area contributed by atoms with Crippen LogP contribution in [-0.2, 0) is 14.8 Å². The minimum atomic E-state index is -4.18. The third kappa shape index (κ3) is 3.89. The first-order valence-electron chi connectivity index (χ1n) is 5.80. The predicted molar refractivity (Wildman–Crippen MR) is 71.7 cm³/mol. The molecule has 0 heterocycles. The molecule has 116 valence electrons. The topological polar surface area (TPSA) is 136 Å². The molecule has 10 heteroatoms. The SMILES string of the molecule is CCC(NS(=O)(=O)c1ccc([N+](=O)[O-])cc1OC)C(=O)O. The van der Waals surface area contributed by atoms with Crippen LogP contribution in [0.1, 0.15) is 13.3 Å². The van der Waals surface area contributed by atoms with Gasteiger partial charge in [0.05, 0.1) is 18.1 Å². The molecule has 9 nitrogen and oxygen atoms in total. The number of nitrogens with one attached hydrogen (secondary N) is 1. The molecule has 0 saturated carbocycles. The second-order valence-electron chi connectivity index (χ2n) is 4.01. The molecule has 0 spiro atoms. The van der Waals surface area contributed by atoms with Crippen molar-refractivity contribution in [2.75, 3.05) is 7.11 Å². The number of nitro benzene ring substituents is 1. The number of methoxy groups -OCH3 is 1. The molecule has 0 radical (unpaired) electrons. The van der Waals surface area contributed by atoms with E-state index in [0.717, 1.165) is 25.3 Å². The number of carbonyl (C=O) groups is 1. The summed E-state index contributed by atoms with van der Waals surface area (Å²) >= 11 is 0. The fourth-order valence-corrected chi connectivity index (χ4v) is 2.97. The monoisotopic (exact) mass is 318 g/mol. The summed E-state index contributed by atoms with van der Waals surface area (Å²) in [5, 5.41) is 19.5. The first-order valence-corrected chi connectivity index (χ1v) is 7.28. The number of non-ortho nitro benzene ring substituents is 1. The van der Waals surface area contributed by atoms with E-state index in [2.05, 4.69) is 0 Å². The van der Waals surface area contributed by atoms with Crippen molar-refractivity contribution < 1.29 is 28.0 Å². The quantitative estimate of drug-likeness (QED) is 0.559. The van der Waals surface area contributed by atoms with E-state index in [0.29, 0.717) is 0 Å². The standard InChI is InChI=1S/C11H14N2O7S/c1-3-8(11(14)15)12-21(18,19)10-5-4-7(13(16)17)6-9(10)20-2/h4-6,8,12H,3H2,1-2H3,(H,14,15). The fraction of sp³-hybridized carbons (Fsp3) is 0.364. The largest absolute Gasteiger partial charge is 0.495 e. The Morgan fingerprint density at radius 2 is 2.14 bits per heavy atom. The number of benzene rings is 1. The molecule has 0 saturated heterocycles. The highest BCUT2D eigenvalue weighted by atomic mass is 32.2. The van der Waals surface area contributed by atoms with Crippen LogP contribution in [-0.4, -0.2) is 37.6 Å². The lowest BCUT2D eigenvalue weighted by molar-refractivity contribution is -0.385. The van der Waals surface area contributed by atoms with Gasteiger partial charge in [-0.3, -0.25) is 14.9 Å². The number of aliphatic carboxylic acids is 1. The lowest BCUT2D eigenvalue weighted by Crippen LogP contribution is -2.40. The second kappa shape index (κ2) is 6.50. The number of nitrogens with zero attached hydrogens (tertiary/aromatic N) is 1. The predicted octanol–water partition coefficient (Wildman–Crippen LogP) is 0.745. The molecule has 1 atom stereocenters. The Hall–Kier alpha value is -2.20. The number of carboxylic acids is 1. The van der Waals surface area contributed by atoms with Crippen molar-refractivity contribution in [3.8, 4) is 5.75 Å². The van der Waals surface area contributed by atoms with Crippen LogP contribution in [0.2, 0.25) is 0 Å². The van der Waals surface area contributed by atoms with E-state index in [1.807, 2.05) is 4.72 Å².